The minimum Gasteiger partial charge on any atom is -0.508 e. The summed E-state index contributed by atoms with van der Waals surface area (Å²) in [6, 6.07) is 18.5. The van der Waals surface area contributed by atoms with Gasteiger partial charge in [0.25, 0.3) is 0 Å². The van der Waals surface area contributed by atoms with Crippen LogP contribution < -0.4 is 11.1 Å². The van der Waals surface area contributed by atoms with E-state index in [4.69, 9.17) is 10.3 Å². The third kappa shape index (κ3) is 2.39. The molecule has 0 radical (unpaired) electrons. The normalized spacial score (nSPS) is 16.0. The van der Waals surface area contributed by atoms with Gasteiger partial charge in [0.15, 0.2) is 0 Å². The molecule has 0 spiro atoms. The van der Waals surface area contributed by atoms with Crippen LogP contribution in [-0.2, 0) is 0 Å². The second kappa shape index (κ2) is 5.73. The number of anilines is 1. The van der Waals surface area contributed by atoms with E-state index in [2.05, 4.69) is 16.5 Å². The van der Waals surface area contributed by atoms with Crippen molar-refractivity contribution in [2.45, 2.75) is 5.92 Å². The van der Waals surface area contributed by atoms with Crippen molar-refractivity contribution in [3.05, 3.63) is 77.1 Å². The van der Waals surface area contributed by atoms with Crippen molar-refractivity contribution in [3.8, 4) is 23.1 Å². The van der Waals surface area contributed by atoms with E-state index in [1.165, 1.54) is 0 Å². The number of aromatic nitrogens is 1. The lowest BCUT2D eigenvalue weighted by Gasteiger charge is -2.24. The first-order valence-corrected chi connectivity index (χ1v) is 7.69. The van der Waals surface area contributed by atoms with Crippen molar-refractivity contribution in [1.29, 1.82) is 5.26 Å². The van der Waals surface area contributed by atoms with E-state index in [1.54, 1.807) is 18.2 Å². The molecule has 0 fully saturated rings. The van der Waals surface area contributed by atoms with Gasteiger partial charge < -0.3 is 20.7 Å². The Labute approximate surface area is 143 Å². The molecule has 6 nitrogen and oxygen atoms in total. The Bertz CT molecular complexity index is 1020. The molecule has 4 N–H and O–H groups in total. The zero-order valence-corrected chi connectivity index (χ0v) is 13.1. The first-order chi connectivity index (χ1) is 12.2. The number of rotatable bonds is 2. The number of phenolic OH excluding ortho intramolecular Hbond substituents is 1. The van der Waals surface area contributed by atoms with E-state index in [1.807, 2.05) is 36.4 Å². The molecule has 0 saturated carbocycles. The van der Waals surface area contributed by atoms with Crippen LogP contribution in [0.25, 0.3) is 11.3 Å². The predicted octanol–water partition coefficient (Wildman–Crippen LogP) is 3.30. The molecule has 1 aromatic heterocycles. The number of nitrogens with one attached hydrogen (secondary N) is 1. The van der Waals surface area contributed by atoms with E-state index in [0.29, 0.717) is 22.7 Å². The molecule has 6 heteroatoms. The first kappa shape index (κ1) is 14.8. The fourth-order valence-corrected chi connectivity index (χ4v) is 3.11. The zero-order valence-electron chi connectivity index (χ0n) is 13.1. The molecule has 0 saturated heterocycles. The van der Waals surface area contributed by atoms with E-state index in [-0.39, 0.29) is 11.6 Å². The summed E-state index contributed by atoms with van der Waals surface area (Å²) >= 11 is 0. The topological polar surface area (TPSA) is 108 Å². The third-order valence-corrected chi connectivity index (χ3v) is 4.22. The lowest BCUT2D eigenvalue weighted by Crippen LogP contribution is -2.22. The van der Waals surface area contributed by atoms with Crippen LogP contribution in [0.2, 0.25) is 0 Å². The average molecular weight is 330 g/mol. The Hall–Kier alpha value is -3.72. The van der Waals surface area contributed by atoms with Gasteiger partial charge in [-0.05, 0) is 17.7 Å². The minimum absolute atomic E-state index is 0.129. The lowest BCUT2D eigenvalue weighted by molar-refractivity contribution is 0.435. The molecule has 3 aromatic rings. The number of hydrogen-bond acceptors (Lipinski definition) is 6. The Morgan fingerprint density at radius 3 is 2.68 bits per heavy atom. The second-order valence-corrected chi connectivity index (χ2v) is 5.73. The van der Waals surface area contributed by atoms with Gasteiger partial charge in [-0.25, -0.2) is 0 Å². The lowest BCUT2D eigenvalue weighted by atomic mass is 9.82. The number of nitrogens with two attached hydrogens (primary N) is 1. The molecule has 1 unspecified atom stereocenters. The summed E-state index contributed by atoms with van der Waals surface area (Å²) in [5, 5.41) is 26.5. The van der Waals surface area contributed by atoms with Crippen molar-refractivity contribution in [1.82, 2.24) is 5.16 Å². The molecule has 122 valence electrons. The largest absolute Gasteiger partial charge is 0.508 e. The van der Waals surface area contributed by atoms with Gasteiger partial charge in [-0.2, -0.15) is 5.26 Å². The maximum Gasteiger partial charge on any atom is 0.235 e. The molecule has 0 bridgehead atoms. The average Bonchev–Trinajstić information content (AvgIpc) is 3.04. The SMILES string of the molecule is N#CC1=C(N)Nc2onc(-c3cccc(O)c3)c2C1c1ccccc1. The van der Waals surface area contributed by atoms with Gasteiger partial charge in [-0.15, -0.1) is 0 Å². The maximum absolute atomic E-state index is 9.78. The van der Waals surface area contributed by atoms with E-state index in [9.17, 15) is 10.4 Å². The summed E-state index contributed by atoms with van der Waals surface area (Å²) in [4.78, 5) is 0. The summed E-state index contributed by atoms with van der Waals surface area (Å²) in [6.45, 7) is 0. The fraction of sp³-hybridized carbons (Fsp3) is 0.0526. The van der Waals surface area contributed by atoms with Crippen LogP contribution in [0.1, 0.15) is 17.0 Å². The molecule has 25 heavy (non-hydrogen) atoms. The van der Waals surface area contributed by atoms with Crippen LogP contribution in [0.3, 0.4) is 0 Å². The van der Waals surface area contributed by atoms with Crippen molar-refractivity contribution in [2.75, 3.05) is 5.32 Å². The number of hydrogen-bond donors (Lipinski definition) is 3. The number of allylic oxidation sites excluding steroid dienone is 1. The summed E-state index contributed by atoms with van der Waals surface area (Å²) < 4.78 is 5.43. The molecular weight excluding hydrogens is 316 g/mol. The molecule has 2 heterocycles. The highest BCUT2D eigenvalue weighted by atomic mass is 16.5. The summed E-state index contributed by atoms with van der Waals surface area (Å²) in [6.07, 6.45) is 0. The van der Waals surface area contributed by atoms with Gasteiger partial charge in [-0.3, -0.25) is 0 Å². The smallest absolute Gasteiger partial charge is 0.235 e. The monoisotopic (exact) mass is 330 g/mol. The first-order valence-electron chi connectivity index (χ1n) is 7.69. The fourth-order valence-electron chi connectivity index (χ4n) is 3.11. The minimum atomic E-state index is -0.397. The highest BCUT2D eigenvalue weighted by Crippen LogP contribution is 2.45. The van der Waals surface area contributed by atoms with E-state index >= 15 is 0 Å². The molecule has 2 aromatic carbocycles. The van der Waals surface area contributed by atoms with Crippen LogP contribution in [0.5, 0.6) is 5.75 Å². The summed E-state index contributed by atoms with van der Waals surface area (Å²) in [5.41, 5.74) is 9.33. The van der Waals surface area contributed by atoms with Crippen LogP contribution in [0.15, 0.2) is 70.5 Å². The van der Waals surface area contributed by atoms with Gasteiger partial charge >= 0.3 is 0 Å². The van der Waals surface area contributed by atoms with Gasteiger partial charge in [0.05, 0.1) is 23.1 Å². The quantitative estimate of drug-likeness (QED) is 0.665. The number of benzene rings is 2. The number of aromatic hydroxyl groups is 1. The van der Waals surface area contributed by atoms with E-state index in [0.717, 1.165) is 11.1 Å². The van der Waals surface area contributed by atoms with Crippen LogP contribution >= 0.6 is 0 Å². The number of nitriles is 1. The highest BCUT2D eigenvalue weighted by molar-refractivity contribution is 5.75. The van der Waals surface area contributed by atoms with Crippen molar-refractivity contribution >= 4 is 5.88 Å². The molecule has 0 aliphatic carbocycles. The van der Waals surface area contributed by atoms with Crippen molar-refractivity contribution in [2.24, 2.45) is 5.73 Å². The number of nitrogens with zero attached hydrogens (tertiary/aromatic N) is 2. The molecule has 4 rings (SSSR count). The standard InChI is InChI=1S/C19H14N4O2/c20-10-14-15(11-5-2-1-3-6-11)16-17(12-7-4-8-13(24)9-12)23-25-19(16)22-18(14)21/h1-9,15,22,24H,21H2. The second-order valence-electron chi connectivity index (χ2n) is 5.73. The Morgan fingerprint density at radius 2 is 1.96 bits per heavy atom. The van der Waals surface area contributed by atoms with Crippen LogP contribution in [0, 0.1) is 11.3 Å². The van der Waals surface area contributed by atoms with Gasteiger partial charge in [0.1, 0.15) is 17.3 Å². The summed E-state index contributed by atoms with van der Waals surface area (Å²) in [7, 11) is 0. The molecular formula is C19H14N4O2. The van der Waals surface area contributed by atoms with Crippen LogP contribution in [0.4, 0.5) is 5.88 Å². The Balaban J connectivity index is 1.96. The Kier molecular flexibility index (Phi) is 3.40. The number of fused-ring (bicyclic) bond motifs is 1. The predicted molar refractivity (Wildman–Crippen MR) is 92.3 cm³/mol. The molecule has 1 atom stereocenters. The highest BCUT2D eigenvalue weighted by Gasteiger charge is 2.35. The van der Waals surface area contributed by atoms with Crippen LogP contribution in [-0.4, -0.2) is 10.3 Å². The number of phenols is 1. The van der Waals surface area contributed by atoms with Crippen molar-refractivity contribution < 1.29 is 9.63 Å². The van der Waals surface area contributed by atoms with Crippen molar-refractivity contribution in [3.63, 3.8) is 0 Å². The van der Waals surface area contributed by atoms with E-state index < -0.39 is 5.92 Å². The van der Waals surface area contributed by atoms with Gasteiger partial charge in [0, 0.05) is 5.56 Å². The zero-order chi connectivity index (χ0) is 17.4. The third-order valence-electron chi connectivity index (χ3n) is 4.22. The van der Waals surface area contributed by atoms with Gasteiger partial charge in [-0.1, -0.05) is 47.6 Å². The molecule has 1 aliphatic rings. The molecule has 0 amide bonds. The Morgan fingerprint density at radius 1 is 1.16 bits per heavy atom. The molecule has 1 aliphatic heterocycles. The maximum atomic E-state index is 9.78. The summed E-state index contributed by atoms with van der Waals surface area (Å²) in [5.74, 6) is 0.391. The van der Waals surface area contributed by atoms with Gasteiger partial charge in [0.2, 0.25) is 5.88 Å².